The Hall–Kier alpha value is -0.860. The molecule has 0 aliphatic carbocycles. The highest BCUT2D eigenvalue weighted by molar-refractivity contribution is 5.22. The molecule has 0 atom stereocenters. The Labute approximate surface area is 73.2 Å². The number of hydrogen-bond donors (Lipinski definition) is 2. The van der Waals surface area contributed by atoms with Gasteiger partial charge < -0.3 is 5.11 Å². The van der Waals surface area contributed by atoms with E-state index in [1.54, 1.807) is 0 Å². The van der Waals surface area contributed by atoms with E-state index in [0.717, 1.165) is 13.0 Å². The maximum atomic E-state index is 8.49. The Morgan fingerprint density at radius 1 is 1.42 bits per heavy atom. The minimum absolute atomic E-state index is 0.0613. The van der Waals surface area contributed by atoms with E-state index >= 15 is 0 Å². The van der Waals surface area contributed by atoms with E-state index in [0.29, 0.717) is 0 Å². The van der Waals surface area contributed by atoms with Gasteiger partial charge in [-0.25, -0.2) is 0 Å². The lowest BCUT2D eigenvalue weighted by Crippen LogP contribution is -2.17. The summed E-state index contributed by atoms with van der Waals surface area (Å²) >= 11 is 0. The molecule has 1 aromatic carbocycles. The molecule has 0 aromatic heterocycles. The average molecular weight is 165 g/mol. The van der Waals surface area contributed by atoms with Crippen molar-refractivity contribution in [3.63, 3.8) is 0 Å². The van der Waals surface area contributed by atoms with Crippen LogP contribution in [-0.4, -0.2) is 18.4 Å². The largest absolute Gasteiger partial charge is 0.381 e. The number of aliphatic hydroxyl groups is 1. The van der Waals surface area contributed by atoms with E-state index in [2.05, 4.69) is 36.5 Å². The van der Waals surface area contributed by atoms with Gasteiger partial charge in [0.2, 0.25) is 0 Å². The summed E-state index contributed by atoms with van der Waals surface area (Å²) in [6, 6.07) is 8.41. The van der Waals surface area contributed by atoms with Crippen LogP contribution in [0.25, 0.3) is 0 Å². The molecule has 0 radical (unpaired) electrons. The molecular weight excluding hydrogens is 150 g/mol. The van der Waals surface area contributed by atoms with Gasteiger partial charge in [0.25, 0.3) is 0 Å². The summed E-state index contributed by atoms with van der Waals surface area (Å²) in [5.74, 6) is 0. The quantitative estimate of drug-likeness (QED) is 0.517. The van der Waals surface area contributed by atoms with Crippen molar-refractivity contribution in [3.05, 3.63) is 35.4 Å². The highest BCUT2D eigenvalue weighted by Crippen LogP contribution is 2.03. The van der Waals surface area contributed by atoms with Crippen LogP contribution in [0, 0.1) is 6.92 Å². The molecule has 12 heavy (non-hydrogen) atoms. The molecule has 0 amide bonds. The zero-order chi connectivity index (χ0) is 8.81. The molecule has 0 saturated heterocycles. The van der Waals surface area contributed by atoms with E-state index in [1.807, 2.05) is 0 Å². The molecule has 0 heterocycles. The van der Waals surface area contributed by atoms with Gasteiger partial charge >= 0.3 is 0 Å². The first-order valence-corrected chi connectivity index (χ1v) is 4.20. The van der Waals surface area contributed by atoms with E-state index in [-0.39, 0.29) is 6.73 Å². The van der Waals surface area contributed by atoms with Gasteiger partial charge in [0, 0.05) is 6.54 Å². The number of rotatable bonds is 4. The lowest BCUT2D eigenvalue weighted by molar-refractivity contribution is 0.262. The third kappa shape index (κ3) is 3.03. The SMILES string of the molecule is Cc1cccc(CCNCO)c1. The summed E-state index contributed by atoms with van der Waals surface area (Å²) in [4.78, 5) is 0. The number of benzene rings is 1. The van der Waals surface area contributed by atoms with Crippen molar-refractivity contribution < 1.29 is 5.11 Å². The molecule has 0 bridgehead atoms. The first-order chi connectivity index (χ1) is 5.83. The summed E-state index contributed by atoms with van der Waals surface area (Å²) < 4.78 is 0. The maximum absolute atomic E-state index is 8.49. The van der Waals surface area contributed by atoms with Gasteiger partial charge in [-0.2, -0.15) is 0 Å². The van der Waals surface area contributed by atoms with Crippen LogP contribution < -0.4 is 5.32 Å². The fourth-order valence-corrected chi connectivity index (χ4v) is 1.18. The van der Waals surface area contributed by atoms with E-state index in [1.165, 1.54) is 11.1 Å². The fourth-order valence-electron chi connectivity index (χ4n) is 1.18. The van der Waals surface area contributed by atoms with Crippen LogP contribution in [0.4, 0.5) is 0 Å². The number of hydrogen-bond acceptors (Lipinski definition) is 2. The van der Waals surface area contributed by atoms with Crippen LogP contribution in [0.1, 0.15) is 11.1 Å². The van der Waals surface area contributed by atoms with Crippen molar-refractivity contribution in [3.8, 4) is 0 Å². The van der Waals surface area contributed by atoms with Crippen molar-refractivity contribution in [2.24, 2.45) is 0 Å². The van der Waals surface area contributed by atoms with Gasteiger partial charge in [0.1, 0.15) is 0 Å². The van der Waals surface area contributed by atoms with Crippen molar-refractivity contribution >= 4 is 0 Å². The molecule has 0 fully saturated rings. The van der Waals surface area contributed by atoms with Crippen LogP contribution in [0.3, 0.4) is 0 Å². The second-order valence-electron chi connectivity index (χ2n) is 2.90. The molecule has 0 aliphatic rings. The molecule has 66 valence electrons. The normalized spacial score (nSPS) is 10.2. The monoisotopic (exact) mass is 165 g/mol. The van der Waals surface area contributed by atoms with Crippen molar-refractivity contribution in [1.29, 1.82) is 0 Å². The van der Waals surface area contributed by atoms with Crippen LogP contribution in [0.5, 0.6) is 0 Å². The second kappa shape index (κ2) is 4.91. The Bertz CT molecular complexity index is 235. The van der Waals surface area contributed by atoms with Gasteiger partial charge in [-0.1, -0.05) is 29.8 Å². The Morgan fingerprint density at radius 2 is 2.25 bits per heavy atom. The second-order valence-corrected chi connectivity index (χ2v) is 2.90. The summed E-state index contributed by atoms with van der Waals surface area (Å²) in [7, 11) is 0. The van der Waals surface area contributed by atoms with Gasteiger partial charge in [-0.3, -0.25) is 5.32 Å². The van der Waals surface area contributed by atoms with Crippen molar-refractivity contribution in [2.75, 3.05) is 13.3 Å². The zero-order valence-corrected chi connectivity index (χ0v) is 7.38. The minimum Gasteiger partial charge on any atom is -0.381 e. The Kier molecular flexibility index (Phi) is 3.77. The first-order valence-electron chi connectivity index (χ1n) is 4.20. The molecular formula is C10H15NO. The Morgan fingerprint density at radius 3 is 2.92 bits per heavy atom. The predicted molar refractivity (Wildman–Crippen MR) is 50.0 cm³/mol. The van der Waals surface area contributed by atoms with E-state index in [4.69, 9.17) is 5.11 Å². The Balaban J connectivity index is 2.41. The molecule has 2 N–H and O–H groups in total. The number of nitrogens with one attached hydrogen (secondary N) is 1. The lowest BCUT2D eigenvalue weighted by atomic mass is 10.1. The third-order valence-electron chi connectivity index (χ3n) is 1.78. The molecule has 0 aliphatic heterocycles. The standard InChI is InChI=1S/C10H15NO/c1-9-3-2-4-10(7-9)5-6-11-8-12/h2-4,7,11-12H,5-6,8H2,1H3. The lowest BCUT2D eigenvalue weighted by Gasteiger charge is -2.02. The molecule has 1 aromatic rings. The molecule has 2 nitrogen and oxygen atoms in total. The summed E-state index contributed by atoms with van der Waals surface area (Å²) in [5.41, 5.74) is 2.60. The third-order valence-corrected chi connectivity index (χ3v) is 1.78. The number of aliphatic hydroxyl groups excluding tert-OH is 1. The van der Waals surface area contributed by atoms with Crippen molar-refractivity contribution in [1.82, 2.24) is 5.32 Å². The van der Waals surface area contributed by atoms with E-state index < -0.39 is 0 Å². The van der Waals surface area contributed by atoms with E-state index in [9.17, 15) is 0 Å². The smallest absolute Gasteiger partial charge is 0.0931 e. The zero-order valence-electron chi connectivity index (χ0n) is 7.38. The highest BCUT2D eigenvalue weighted by atomic mass is 16.3. The minimum atomic E-state index is 0.0613. The van der Waals surface area contributed by atoms with Gasteiger partial charge in [0.15, 0.2) is 0 Å². The van der Waals surface area contributed by atoms with Crippen LogP contribution >= 0.6 is 0 Å². The topological polar surface area (TPSA) is 32.3 Å². The van der Waals surface area contributed by atoms with Gasteiger partial charge in [0.05, 0.1) is 6.73 Å². The highest BCUT2D eigenvalue weighted by Gasteiger charge is 1.91. The molecule has 0 saturated carbocycles. The maximum Gasteiger partial charge on any atom is 0.0931 e. The van der Waals surface area contributed by atoms with Crippen LogP contribution in [0.15, 0.2) is 24.3 Å². The molecule has 0 spiro atoms. The van der Waals surface area contributed by atoms with Crippen LogP contribution in [-0.2, 0) is 6.42 Å². The van der Waals surface area contributed by atoms with Gasteiger partial charge in [-0.15, -0.1) is 0 Å². The van der Waals surface area contributed by atoms with Gasteiger partial charge in [-0.05, 0) is 18.9 Å². The molecule has 0 unspecified atom stereocenters. The van der Waals surface area contributed by atoms with Crippen molar-refractivity contribution in [2.45, 2.75) is 13.3 Å². The molecule has 2 heteroatoms. The number of aryl methyl sites for hydroxylation is 1. The van der Waals surface area contributed by atoms with Crippen LogP contribution in [0.2, 0.25) is 0 Å². The fraction of sp³-hybridized carbons (Fsp3) is 0.400. The summed E-state index contributed by atoms with van der Waals surface area (Å²) in [5, 5.41) is 11.4. The summed E-state index contributed by atoms with van der Waals surface area (Å²) in [6.45, 7) is 2.98. The first kappa shape index (κ1) is 9.23. The predicted octanol–water partition coefficient (Wildman–Crippen LogP) is 1.08. The molecule has 1 rings (SSSR count). The average Bonchev–Trinajstić information content (AvgIpc) is 2.05. The summed E-state index contributed by atoms with van der Waals surface area (Å²) in [6.07, 6.45) is 0.974.